The first-order valence-corrected chi connectivity index (χ1v) is 16.9. The first-order valence-electron chi connectivity index (χ1n) is 16.9. The monoisotopic (exact) mass is 678 g/mol. The highest BCUT2D eigenvalue weighted by Gasteiger charge is 2.29. The minimum Gasteiger partial charge on any atom is -0.493 e. The number of nitrogens with zero attached hydrogens (tertiary/aromatic N) is 5. The standard InChI is InChI=1S/C35H50N8O6/c1-7-23(2)32-34(46)38-24(3)33-39-29(20-25-13-14-27(47-4)28(19-25)48-5)41-43(33)22-31(45)36-16-10-18-42(17-9-12-30(44)40-32)21-26-11-8-15-37-35(26)49-6/h8,11,13-15,19,23-24,32H,7,9-10,12,16-18,20-22H2,1-6H3,(H,36,45)(H,38,46)(H,40,44)/t23-,24+,32-/m0/s1. The SMILES string of the molecule is CC[C@H](C)[C@@H]1NC(=O)CCCN(Cc2cccnc2OC)CCCNC(=O)Cn2nc(Cc3ccc(OC)c(OC)c3)nc2[C@@H](C)NC1=O. The zero-order valence-corrected chi connectivity index (χ0v) is 29.5. The lowest BCUT2D eigenvalue weighted by molar-refractivity contribution is -0.130. The number of carbonyl (C=O) groups is 3. The highest BCUT2D eigenvalue weighted by molar-refractivity contribution is 5.88. The summed E-state index contributed by atoms with van der Waals surface area (Å²) in [4.78, 5) is 51.3. The highest BCUT2D eigenvalue weighted by atomic mass is 16.5. The molecule has 0 bridgehead atoms. The van der Waals surface area contributed by atoms with E-state index in [0.717, 1.165) is 11.1 Å². The topological polar surface area (TPSA) is 162 Å². The summed E-state index contributed by atoms with van der Waals surface area (Å²) in [6.45, 7) is 8.00. The van der Waals surface area contributed by atoms with E-state index in [9.17, 15) is 14.4 Å². The molecule has 0 spiro atoms. The summed E-state index contributed by atoms with van der Waals surface area (Å²) in [6.07, 6.45) is 4.30. The third-order valence-electron chi connectivity index (χ3n) is 8.69. The summed E-state index contributed by atoms with van der Waals surface area (Å²) in [5.74, 6) is 1.84. The maximum Gasteiger partial charge on any atom is 0.243 e. The fourth-order valence-electron chi connectivity index (χ4n) is 5.83. The number of rotatable bonds is 9. The first-order chi connectivity index (χ1) is 23.6. The Morgan fingerprint density at radius 2 is 1.76 bits per heavy atom. The number of ether oxygens (including phenoxy) is 3. The average molecular weight is 679 g/mol. The van der Waals surface area contributed by atoms with Gasteiger partial charge in [0.05, 0.1) is 27.4 Å². The number of benzene rings is 1. The van der Waals surface area contributed by atoms with Crippen LogP contribution in [-0.2, 0) is 33.9 Å². The second-order valence-corrected chi connectivity index (χ2v) is 12.3. The Morgan fingerprint density at radius 3 is 2.49 bits per heavy atom. The van der Waals surface area contributed by atoms with Gasteiger partial charge in [-0.2, -0.15) is 5.10 Å². The van der Waals surface area contributed by atoms with Crippen molar-refractivity contribution in [1.29, 1.82) is 0 Å². The molecule has 4 rings (SSSR count). The van der Waals surface area contributed by atoms with Crippen LogP contribution < -0.4 is 30.2 Å². The molecule has 3 atom stereocenters. The number of nitrogens with one attached hydrogen (secondary N) is 3. The molecular formula is C35H50N8O6. The number of hydrogen-bond acceptors (Lipinski definition) is 10. The maximum absolute atomic E-state index is 13.7. The zero-order valence-electron chi connectivity index (χ0n) is 29.5. The molecule has 1 aromatic carbocycles. The van der Waals surface area contributed by atoms with Crippen LogP contribution in [-0.4, -0.2) is 89.4 Å². The lowest BCUT2D eigenvalue weighted by Gasteiger charge is -2.26. The summed E-state index contributed by atoms with van der Waals surface area (Å²) in [7, 11) is 4.74. The van der Waals surface area contributed by atoms with E-state index in [2.05, 4.69) is 30.9 Å². The van der Waals surface area contributed by atoms with Crippen molar-refractivity contribution in [3.63, 3.8) is 0 Å². The number of fused-ring (bicyclic) bond motifs is 1. The first kappa shape index (κ1) is 37.1. The van der Waals surface area contributed by atoms with Crippen LogP contribution in [0.15, 0.2) is 36.5 Å². The fourth-order valence-corrected chi connectivity index (χ4v) is 5.83. The van der Waals surface area contributed by atoms with Crippen molar-refractivity contribution in [3.05, 3.63) is 59.3 Å². The quantitative estimate of drug-likeness (QED) is 0.307. The Bertz CT molecular complexity index is 1560. The van der Waals surface area contributed by atoms with Crippen LogP contribution in [0.3, 0.4) is 0 Å². The molecule has 3 heterocycles. The van der Waals surface area contributed by atoms with Gasteiger partial charge in [0.15, 0.2) is 17.3 Å². The van der Waals surface area contributed by atoms with Crippen LogP contribution in [0.2, 0.25) is 0 Å². The predicted octanol–water partition coefficient (Wildman–Crippen LogP) is 2.80. The van der Waals surface area contributed by atoms with Crippen molar-refractivity contribution < 1.29 is 28.6 Å². The van der Waals surface area contributed by atoms with Crippen LogP contribution in [0.25, 0.3) is 0 Å². The van der Waals surface area contributed by atoms with E-state index in [4.69, 9.17) is 19.2 Å². The van der Waals surface area contributed by atoms with E-state index < -0.39 is 12.1 Å². The number of carbonyl (C=O) groups excluding carboxylic acids is 3. The molecule has 3 N–H and O–H groups in total. The van der Waals surface area contributed by atoms with Gasteiger partial charge in [-0.3, -0.25) is 19.3 Å². The molecule has 0 unspecified atom stereocenters. The van der Waals surface area contributed by atoms with Crippen molar-refractivity contribution in [3.8, 4) is 17.4 Å². The van der Waals surface area contributed by atoms with Crippen molar-refractivity contribution in [2.24, 2.45) is 5.92 Å². The summed E-state index contributed by atoms with van der Waals surface area (Å²) in [5.41, 5.74) is 1.83. The van der Waals surface area contributed by atoms with E-state index in [1.54, 1.807) is 34.4 Å². The zero-order chi connectivity index (χ0) is 35.3. The van der Waals surface area contributed by atoms with E-state index in [1.807, 2.05) is 44.2 Å². The van der Waals surface area contributed by atoms with Gasteiger partial charge in [0.1, 0.15) is 18.4 Å². The number of aromatic nitrogens is 4. The van der Waals surface area contributed by atoms with Gasteiger partial charge in [-0.05, 0) is 56.0 Å². The van der Waals surface area contributed by atoms with E-state index >= 15 is 0 Å². The molecule has 3 amide bonds. The molecule has 2 aromatic heterocycles. The van der Waals surface area contributed by atoms with Crippen LogP contribution in [0.4, 0.5) is 0 Å². The van der Waals surface area contributed by atoms with Gasteiger partial charge >= 0.3 is 0 Å². The van der Waals surface area contributed by atoms with Crippen LogP contribution in [0.5, 0.6) is 17.4 Å². The number of methoxy groups -OCH3 is 3. The molecule has 0 saturated heterocycles. The van der Waals surface area contributed by atoms with Gasteiger partial charge in [0.25, 0.3) is 0 Å². The van der Waals surface area contributed by atoms with Gasteiger partial charge < -0.3 is 30.2 Å². The van der Waals surface area contributed by atoms with Crippen LogP contribution >= 0.6 is 0 Å². The van der Waals surface area contributed by atoms with Crippen molar-refractivity contribution in [2.45, 2.75) is 78.0 Å². The van der Waals surface area contributed by atoms with Gasteiger partial charge in [0, 0.05) is 44.2 Å². The molecule has 266 valence electrons. The average Bonchev–Trinajstić information content (AvgIpc) is 3.49. The third-order valence-corrected chi connectivity index (χ3v) is 8.69. The van der Waals surface area contributed by atoms with Crippen molar-refractivity contribution in [2.75, 3.05) is 41.0 Å². The van der Waals surface area contributed by atoms with Gasteiger partial charge in [-0.1, -0.05) is 32.4 Å². The molecular weight excluding hydrogens is 628 g/mol. The van der Waals surface area contributed by atoms with E-state index in [1.165, 1.54) is 4.68 Å². The Labute approximate surface area is 288 Å². The molecule has 0 radical (unpaired) electrons. The summed E-state index contributed by atoms with van der Waals surface area (Å²) < 4.78 is 17.8. The molecule has 0 aliphatic carbocycles. The summed E-state index contributed by atoms with van der Waals surface area (Å²) >= 11 is 0. The lowest BCUT2D eigenvalue weighted by Crippen LogP contribution is -2.51. The number of pyridine rings is 1. The number of hydrogen-bond donors (Lipinski definition) is 3. The minimum atomic E-state index is -0.736. The van der Waals surface area contributed by atoms with Crippen molar-refractivity contribution in [1.82, 2.24) is 40.6 Å². The minimum absolute atomic E-state index is 0.0728. The van der Waals surface area contributed by atoms with Crippen LogP contribution in [0.1, 0.15) is 75.3 Å². The van der Waals surface area contributed by atoms with Gasteiger partial charge in [-0.15, -0.1) is 0 Å². The molecule has 0 fully saturated rings. The van der Waals surface area contributed by atoms with Crippen molar-refractivity contribution >= 4 is 17.7 Å². The van der Waals surface area contributed by atoms with Gasteiger partial charge in [-0.25, -0.2) is 14.6 Å². The molecule has 1 aliphatic rings. The Kier molecular flexibility index (Phi) is 13.7. The normalized spacial score (nSPS) is 19.3. The Morgan fingerprint density at radius 1 is 0.980 bits per heavy atom. The highest BCUT2D eigenvalue weighted by Crippen LogP contribution is 2.28. The smallest absolute Gasteiger partial charge is 0.243 e. The Hall–Kier alpha value is -4.72. The molecule has 3 aromatic rings. The lowest BCUT2D eigenvalue weighted by atomic mass is 9.97. The maximum atomic E-state index is 13.7. The molecule has 14 nitrogen and oxygen atoms in total. The molecule has 1 aliphatic heterocycles. The third kappa shape index (κ3) is 10.4. The summed E-state index contributed by atoms with van der Waals surface area (Å²) in [6, 6.07) is 8.09. The van der Waals surface area contributed by atoms with E-state index in [-0.39, 0.29) is 36.6 Å². The molecule has 14 heteroatoms. The molecule has 0 saturated carbocycles. The fraction of sp³-hybridized carbons (Fsp3) is 0.543. The molecule has 49 heavy (non-hydrogen) atoms. The number of amides is 3. The Balaban J connectivity index is 1.59. The largest absolute Gasteiger partial charge is 0.493 e. The predicted molar refractivity (Wildman–Crippen MR) is 183 cm³/mol. The second-order valence-electron chi connectivity index (χ2n) is 12.3. The van der Waals surface area contributed by atoms with Gasteiger partial charge in [0.2, 0.25) is 23.6 Å². The van der Waals surface area contributed by atoms with Crippen LogP contribution in [0, 0.1) is 5.92 Å². The second kappa shape index (κ2) is 18.2. The van der Waals surface area contributed by atoms with E-state index in [0.29, 0.717) is 80.9 Å². The summed E-state index contributed by atoms with van der Waals surface area (Å²) in [5, 5.41) is 13.7.